The number of fused-ring (bicyclic) bond motifs is 2. The lowest BCUT2D eigenvalue weighted by Crippen LogP contribution is -2.10. The van der Waals surface area contributed by atoms with E-state index in [2.05, 4.69) is 27.7 Å². The summed E-state index contributed by atoms with van der Waals surface area (Å²) in [5.74, 6) is 1.65. The maximum absolute atomic E-state index is 2.41. The lowest BCUT2D eigenvalue weighted by molar-refractivity contribution is 0.491. The van der Waals surface area contributed by atoms with E-state index in [1.807, 2.05) is 11.1 Å². The van der Waals surface area contributed by atoms with E-state index in [0.29, 0.717) is 0 Å². The number of hydrogen-bond acceptors (Lipinski definition) is 0. The summed E-state index contributed by atoms with van der Waals surface area (Å²) in [5, 5.41) is 0. The average Bonchev–Trinajstić information content (AvgIpc) is 3.03. The Morgan fingerprint density at radius 2 is 1.36 bits per heavy atom. The van der Waals surface area contributed by atoms with Gasteiger partial charge in [0.05, 0.1) is 0 Å². The first-order chi connectivity index (χ1) is 12.1. The zero-order valence-electron chi connectivity index (χ0n) is 16.9. The molecule has 0 radical (unpaired) electrons. The number of rotatable bonds is 4. The lowest BCUT2D eigenvalue weighted by atomic mass is 9.80. The molecule has 136 valence electrons. The normalized spacial score (nSPS) is 29.8. The number of allylic oxidation sites excluding steroid dienone is 8. The van der Waals surface area contributed by atoms with Crippen LogP contribution in [0.15, 0.2) is 44.6 Å². The monoisotopic (exact) mass is 336 g/mol. The average molecular weight is 337 g/mol. The summed E-state index contributed by atoms with van der Waals surface area (Å²) in [6, 6.07) is 0. The molecule has 2 atom stereocenters. The maximum atomic E-state index is 2.41. The molecule has 4 rings (SSSR count). The largest absolute Gasteiger partial charge is 0.0629 e. The Morgan fingerprint density at radius 1 is 0.680 bits per heavy atom. The third-order valence-corrected chi connectivity index (χ3v) is 7.99. The van der Waals surface area contributed by atoms with Gasteiger partial charge in [-0.1, -0.05) is 35.1 Å². The quantitative estimate of drug-likeness (QED) is 0.490. The van der Waals surface area contributed by atoms with Gasteiger partial charge in [0.1, 0.15) is 0 Å². The second kappa shape index (κ2) is 6.93. The number of hydrogen-bond donors (Lipinski definition) is 0. The Kier molecular flexibility index (Phi) is 4.82. The Bertz CT molecular complexity index is 692. The molecule has 4 aliphatic rings. The highest BCUT2D eigenvalue weighted by Crippen LogP contribution is 2.49. The van der Waals surface area contributed by atoms with E-state index in [1.54, 1.807) is 33.4 Å². The minimum atomic E-state index is 0.824. The Morgan fingerprint density at radius 3 is 2.12 bits per heavy atom. The molecule has 0 aromatic rings. The maximum Gasteiger partial charge on any atom is 0.00186 e. The first kappa shape index (κ1) is 17.4. The molecule has 0 saturated heterocycles. The van der Waals surface area contributed by atoms with Gasteiger partial charge in [-0.25, -0.2) is 0 Å². The summed E-state index contributed by atoms with van der Waals surface area (Å²) >= 11 is 0. The van der Waals surface area contributed by atoms with Crippen molar-refractivity contribution in [1.82, 2.24) is 0 Å². The smallest absolute Gasteiger partial charge is 0.00186 e. The van der Waals surface area contributed by atoms with Gasteiger partial charge in [-0.2, -0.15) is 0 Å². The fourth-order valence-corrected chi connectivity index (χ4v) is 6.35. The molecule has 0 amide bonds. The van der Waals surface area contributed by atoms with Gasteiger partial charge in [0, 0.05) is 11.8 Å². The van der Waals surface area contributed by atoms with Crippen LogP contribution in [0, 0.1) is 11.8 Å². The molecule has 25 heavy (non-hydrogen) atoms. The molecule has 2 saturated carbocycles. The highest BCUT2D eigenvalue weighted by atomic mass is 14.4. The van der Waals surface area contributed by atoms with Gasteiger partial charge in [0.15, 0.2) is 0 Å². The van der Waals surface area contributed by atoms with Crippen molar-refractivity contribution in [2.24, 2.45) is 11.8 Å². The van der Waals surface area contributed by atoms with Crippen LogP contribution in [0.25, 0.3) is 0 Å². The fourth-order valence-electron chi connectivity index (χ4n) is 6.35. The van der Waals surface area contributed by atoms with Crippen molar-refractivity contribution >= 4 is 0 Å². The zero-order chi connectivity index (χ0) is 17.6. The summed E-state index contributed by atoms with van der Waals surface area (Å²) in [6.07, 6.45) is 15.3. The fraction of sp³-hybridized carbons (Fsp3) is 0.680. The molecule has 0 N–H and O–H groups in total. The van der Waals surface area contributed by atoms with Gasteiger partial charge in [-0.05, 0) is 108 Å². The van der Waals surface area contributed by atoms with Crippen molar-refractivity contribution in [2.75, 3.05) is 0 Å². The van der Waals surface area contributed by atoms with Crippen molar-refractivity contribution in [3.8, 4) is 0 Å². The molecule has 0 spiro atoms. The molecule has 0 heteroatoms. The van der Waals surface area contributed by atoms with Gasteiger partial charge in [0.25, 0.3) is 0 Å². The van der Waals surface area contributed by atoms with Crippen LogP contribution in [0.4, 0.5) is 0 Å². The van der Waals surface area contributed by atoms with Crippen molar-refractivity contribution in [3.63, 3.8) is 0 Å². The predicted octanol–water partition coefficient (Wildman–Crippen LogP) is 7.83. The van der Waals surface area contributed by atoms with Crippen LogP contribution in [0.5, 0.6) is 0 Å². The van der Waals surface area contributed by atoms with Gasteiger partial charge >= 0.3 is 0 Å². The minimum absolute atomic E-state index is 0.824. The summed E-state index contributed by atoms with van der Waals surface area (Å²) in [5.41, 5.74) is 13.9. The summed E-state index contributed by atoms with van der Waals surface area (Å²) < 4.78 is 0. The van der Waals surface area contributed by atoms with Gasteiger partial charge in [-0.3, -0.25) is 0 Å². The highest BCUT2D eigenvalue weighted by molar-refractivity contribution is 5.50. The van der Waals surface area contributed by atoms with Gasteiger partial charge in [-0.15, -0.1) is 0 Å². The minimum Gasteiger partial charge on any atom is -0.0629 e. The second-order valence-electron chi connectivity index (χ2n) is 9.06. The van der Waals surface area contributed by atoms with Gasteiger partial charge < -0.3 is 0 Å². The molecular formula is C25H36. The third-order valence-electron chi connectivity index (χ3n) is 7.99. The van der Waals surface area contributed by atoms with E-state index < -0.39 is 0 Å². The van der Waals surface area contributed by atoms with Gasteiger partial charge in [0.2, 0.25) is 0 Å². The van der Waals surface area contributed by atoms with E-state index in [1.165, 1.54) is 70.6 Å². The van der Waals surface area contributed by atoms with Crippen LogP contribution in [0.1, 0.15) is 98.3 Å². The van der Waals surface area contributed by atoms with Crippen molar-refractivity contribution < 1.29 is 0 Å². The standard InChI is InChI=1S/C25H36/c1-16-18(3)22(24-12-7-5-10-20(16)24)14-9-15-23-19(4)17(2)21-11-6-8-13-25(21)23/h20,25H,5-15H2,1-4H3. The molecule has 0 heterocycles. The summed E-state index contributed by atoms with van der Waals surface area (Å²) in [7, 11) is 0. The molecule has 2 unspecified atom stereocenters. The van der Waals surface area contributed by atoms with Crippen LogP contribution < -0.4 is 0 Å². The van der Waals surface area contributed by atoms with E-state index in [4.69, 9.17) is 0 Å². The first-order valence-corrected chi connectivity index (χ1v) is 10.9. The molecule has 0 nitrogen and oxygen atoms in total. The summed E-state index contributed by atoms with van der Waals surface area (Å²) in [6.45, 7) is 9.60. The molecule has 0 aromatic heterocycles. The van der Waals surface area contributed by atoms with Crippen LogP contribution >= 0.6 is 0 Å². The van der Waals surface area contributed by atoms with E-state index in [9.17, 15) is 0 Å². The van der Waals surface area contributed by atoms with Crippen molar-refractivity contribution in [1.29, 1.82) is 0 Å². The molecule has 0 bridgehead atoms. The first-order valence-electron chi connectivity index (χ1n) is 10.9. The molecule has 2 fully saturated rings. The SMILES string of the molecule is CC1=C(C)C2CCCCC2=C1CCCC1=C(C)C(C)=C2CCCCC21. The van der Waals surface area contributed by atoms with E-state index in [-0.39, 0.29) is 0 Å². The second-order valence-corrected chi connectivity index (χ2v) is 9.06. The van der Waals surface area contributed by atoms with Crippen LogP contribution in [-0.2, 0) is 0 Å². The van der Waals surface area contributed by atoms with Crippen molar-refractivity contribution in [3.05, 3.63) is 44.6 Å². The Balaban J connectivity index is 1.45. The Labute approximate surface area is 155 Å². The van der Waals surface area contributed by atoms with E-state index in [0.717, 1.165) is 11.8 Å². The molecular weight excluding hydrogens is 300 g/mol. The summed E-state index contributed by atoms with van der Waals surface area (Å²) in [4.78, 5) is 0. The van der Waals surface area contributed by atoms with E-state index >= 15 is 0 Å². The molecule has 0 aliphatic heterocycles. The Hall–Kier alpha value is -1.04. The molecule has 0 aromatic carbocycles. The molecule has 4 aliphatic carbocycles. The van der Waals surface area contributed by atoms with Crippen LogP contribution in [0.2, 0.25) is 0 Å². The predicted molar refractivity (Wildman–Crippen MR) is 109 cm³/mol. The third kappa shape index (κ3) is 2.90. The van der Waals surface area contributed by atoms with Crippen LogP contribution in [-0.4, -0.2) is 0 Å². The van der Waals surface area contributed by atoms with Crippen molar-refractivity contribution in [2.45, 2.75) is 98.3 Å². The lowest BCUT2D eigenvalue weighted by Gasteiger charge is -2.25. The topological polar surface area (TPSA) is 0 Å². The highest BCUT2D eigenvalue weighted by Gasteiger charge is 2.32. The van der Waals surface area contributed by atoms with Crippen LogP contribution in [0.3, 0.4) is 0 Å². The zero-order valence-corrected chi connectivity index (χ0v) is 16.9.